The number of amides is 1. The lowest BCUT2D eigenvalue weighted by Gasteiger charge is -2.58. The lowest BCUT2D eigenvalue weighted by molar-refractivity contribution is -0.195. The Balaban J connectivity index is 2.08. The van der Waals surface area contributed by atoms with Gasteiger partial charge in [-0.25, -0.2) is 4.79 Å². The maximum Gasteiger partial charge on any atom is 0.330 e. The number of hydrogen-bond donors (Lipinski definition) is 2. The average molecular weight is 349 g/mol. The Morgan fingerprint density at radius 1 is 1.32 bits per heavy atom. The summed E-state index contributed by atoms with van der Waals surface area (Å²) < 4.78 is 11.2. The van der Waals surface area contributed by atoms with E-state index < -0.39 is 28.9 Å². The van der Waals surface area contributed by atoms with Crippen molar-refractivity contribution < 1.29 is 24.2 Å². The first-order chi connectivity index (χ1) is 11.6. The summed E-state index contributed by atoms with van der Waals surface area (Å²) >= 11 is 0. The number of ether oxygens (including phenoxy) is 2. The summed E-state index contributed by atoms with van der Waals surface area (Å²) in [6.07, 6.45) is -0.769. The number of nitrogens with one attached hydrogen (secondary N) is 1. The van der Waals surface area contributed by atoms with E-state index in [0.717, 1.165) is 5.56 Å². The fourth-order valence-corrected chi connectivity index (χ4v) is 3.22. The minimum Gasteiger partial charge on any atom is -0.481 e. The molecular formula is C19H27NO5. The molecule has 6 nitrogen and oxygen atoms in total. The van der Waals surface area contributed by atoms with E-state index in [9.17, 15) is 14.7 Å². The summed E-state index contributed by atoms with van der Waals surface area (Å²) in [5, 5.41) is 12.4. The van der Waals surface area contributed by atoms with E-state index in [1.807, 2.05) is 26.0 Å². The molecule has 0 saturated heterocycles. The van der Waals surface area contributed by atoms with Crippen molar-refractivity contribution >= 4 is 11.9 Å². The Morgan fingerprint density at radius 2 is 1.92 bits per heavy atom. The van der Waals surface area contributed by atoms with Crippen LogP contribution in [0.5, 0.6) is 5.75 Å². The fraction of sp³-hybridized carbons (Fsp3) is 0.579. The molecule has 2 N–H and O–H groups in total. The maximum atomic E-state index is 12.5. The number of benzene rings is 1. The lowest BCUT2D eigenvalue weighted by atomic mass is 9.54. The zero-order valence-electron chi connectivity index (χ0n) is 15.5. The Hall–Kier alpha value is -2.08. The van der Waals surface area contributed by atoms with Crippen LogP contribution >= 0.6 is 0 Å². The number of carbonyl (C=O) groups is 2. The monoisotopic (exact) mass is 349 g/mol. The molecule has 2 rings (SSSR count). The molecule has 0 bridgehead atoms. The van der Waals surface area contributed by atoms with Gasteiger partial charge in [0.05, 0.1) is 6.10 Å². The van der Waals surface area contributed by atoms with Crippen LogP contribution in [0.1, 0.15) is 39.7 Å². The van der Waals surface area contributed by atoms with Gasteiger partial charge in [0.25, 0.3) is 5.91 Å². The first kappa shape index (κ1) is 19.2. The van der Waals surface area contributed by atoms with Crippen molar-refractivity contribution in [1.29, 1.82) is 0 Å². The zero-order chi connectivity index (χ0) is 18.8. The van der Waals surface area contributed by atoms with E-state index >= 15 is 0 Å². The summed E-state index contributed by atoms with van der Waals surface area (Å²) in [7, 11) is 0. The molecular weight excluding hydrogens is 322 g/mol. The smallest absolute Gasteiger partial charge is 0.330 e. The highest BCUT2D eigenvalue weighted by molar-refractivity contribution is 5.91. The van der Waals surface area contributed by atoms with Gasteiger partial charge in [0, 0.05) is 18.4 Å². The molecule has 1 fully saturated rings. The molecule has 1 aromatic rings. The summed E-state index contributed by atoms with van der Waals surface area (Å²) in [5.41, 5.74) is -0.976. The Morgan fingerprint density at radius 3 is 2.40 bits per heavy atom. The molecule has 0 heterocycles. The van der Waals surface area contributed by atoms with Crippen LogP contribution in [0.2, 0.25) is 0 Å². The van der Waals surface area contributed by atoms with Gasteiger partial charge < -0.3 is 19.9 Å². The van der Waals surface area contributed by atoms with Crippen molar-refractivity contribution in [2.45, 2.75) is 58.8 Å². The van der Waals surface area contributed by atoms with Crippen LogP contribution in [-0.4, -0.2) is 41.3 Å². The van der Waals surface area contributed by atoms with Crippen LogP contribution in [0.25, 0.3) is 0 Å². The number of aliphatic carboxylic acids is 1. The molecule has 1 amide bonds. The van der Waals surface area contributed by atoms with Gasteiger partial charge >= 0.3 is 5.97 Å². The molecule has 3 atom stereocenters. The Bertz CT molecular complexity index is 640. The van der Waals surface area contributed by atoms with Crippen LogP contribution < -0.4 is 10.1 Å². The number of carbonyl (C=O) groups excluding carboxylic acids is 1. The van der Waals surface area contributed by atoms with Gasteiger partial charge in [0.15, 0.2) is 6.10 Å². The van der Waals surface area contributed by atoms with Crippen LogP contribution in [0.4, 0.5) is 0 Å². The second kappa shape index (κ2) is 7.04. The quantitative estimate of drug-likeness (QED) is 0.790. The third kappa shape index (κ3) is 3.49. The van der Waals surface area contributed by atoms with Gasteiger partial charge in [-0.05, 0) is 32.9 Å². The highest BCUT2D eigenvalue weighted by atomic mass is 16.5. The van der Waals surface area contributed by atoms with Crippen molar-refractivity contribution in [2.75, 3.05) is 6.61 Å². The summed E-state index contributed by atoms with van der Waals surface area (Å²) in [4.78, 5) is 24.5. The molecule has 0 aliphatic heterocycles. The maximum absolute atomic E-state index is 12.5. The molecule has 1 aliphatic carbocycles. The number of carboxylic acids is 1. The van der Waals surface area contributed by atoms with Crippen LogP contribution in [0, 0.1) is 12.3 Å². The summed E-state index contributed by atoms with van der Waals surface area (Å²) in [6, 6.07) is 7.34. The number of rotatable bonds is 7. The summed E-state index contributed by atoms with van der Waals surface area (Å²) in [6.45, 7) is 9.55. The molecule has 1 saturated carbocycles. The molecule has 0 spiro atoms. The third-order valence-corrected chi connectivity index (χ3v) is 5.17. The van der Waals surface area contributed by atoms with E-state index in [-0.39, 0.29) is 12.5 Å². The minimum atomic E-state index is -1.35. The number of carboxylic acid groups (broad SMARTS) is 1. The van der Waals surface area contributed by atoms with Crippen LogP contribution in [0.3, 0.4) is 0 Å². The molecule has 3 unspecified atom stereocenters. The second-order valence-corrected chi connectivity index (χ2v) is 7.14. The van der Waals surface area contributed by atoms with Crippen molar-refractivity contribution in [3.05, 3.63) is 29.8 Å². The van der Waals surface area contributed by atoms with Crippen molar-refractivity contribution in [2.24, 2.45) is 5.41 Å². The normalized spacial score (nSPS) is 25.6. The largest absolute Gasteiger partial charge is 0.481 e. The van der Waals surface area contributed by atoms with Gasteiger partial charge in [-0.3, -0.25) is 4.79 Å². The van der Waals surface area contributed by atoms with Gasteiger partial charge in [0.1, 0.15) is 11.3 Å². The predicted molar refractivity (Wildman–Crippen MR) is 93.6 cm³/mol. The fourth-order valence-electron chi connectivity index (χ4n) is 3.22. The van der Waals surface area contributed by atoms with E-state index in [2.05, 4.69) is 5.32 Å². The van der Waals surface area contributed by atoms with E-state index in [4.69, 9.17) is 9.47 Å². The molecule has 6 heteroatoms. The SMILES string of the molecule is CCOC1CC(NC(=O)C(C)Oc2ccc(C)cc2)(C(=O)O)C1(C)C. The first-order valence-electron chi connectivity index (χ1n) is 8.54. The molecule has 0 aromatic heterocycles. The Labute approximate surface area is 148 Å². The lowest BCUT2D eigenvalue weighted by Crippen LogP contribution is -2.76. The molecule has 1 aromatic carbocycles. The van der Waals surface area contributed by atoms with Gasteiger partial charge in [-0.2, -0.15) is 0 Å². The van der Waals surface area contributed by atoms with Crippen LogP contribution in [0.15, 0.2) is 24.3 Å². The van der Waals surface area contributed by atoms with Gasteiger partial charge in [-0.15, -0.1) is 0 Å². The summed E-state index contributed by atoms with van der Waals surface area (Å²) in [5.74, 6) is -0.937. The van der Waals surface area contributed by atoms with Crippen molar-refractivity contribution in [1.82, 2.24) is 5.32 Å². The Kier molecular flexibility index (Phi) is 5.42. The zero-order valence-corrected chi connectivity index (χ0v) is 15.5. The second-order valence-electron chi connectivity index (χ2n) is 7.14. The topological polar surface area (TPSA) is 84.9 Å². The first-order valence-corrected chi connectivity index (χ1v) is 8.54. The van der Waals surface area contributed by atoms with Crippen molar-refractivity contribution in [3.8, 4) is 5.75 Å². The molecule has 1 aliphatic rings. The molecule has 25 heavy (non-hydrogen) atoms. The van der Waals surface area contributed by atoms with E-state index in [1.54, 1.807) is 32.9 Å². The van der Waals surface area contributed by atoms with Crippen LogP contribution in [-0.2, 0) is 14.3 Å². The molecule has 0 radical (unpaired) electrons. The van der Waals surface area contributed by atoms with Gasteiger partial charge in [0.2, 0.25) is 0 Å². The van der Waals surface area contributed by atoms with E-state index in [0.29, 0.717) is 12.4 Å². The highest BCUT2D eigenvalue weighted by Gasteiger charge is 2.66. The number of hydrogen-bond acceptors (Lipinski definition) is 4. The van der Waals surface area contributed by atoms with Gasteiger partial charge in [-0.1, -0.05) is 31.5 Å². The van der Waals surface area contributed by atoms with Crippen molar-refractivity contribution in [3.63, 3.8) is 0 Å². The highest BCUT2D eigenvalue weighted by Crippen LogP contribution is 2.51. The molecule has 138 valence electrons. The van der Waals surface area contributed by atoms with E-state index in [1.165, 1.54) is 0 Å². The predicted octanol–water partition coefficient (Wildman–Crippen LogP) is 2.54. The minimum absolute atomic E-state index is 0.206. The average Bonchev–Trinajstić information content (AvgIpc) is 2.55. The third-order valence-electron chi connectivity index (χ3n) is 5.17. The standard InChI is InChI=1S/C19H27NO5/c1-6-24-15-11-19(17(22)23,18(15,4)5)20-16(21)13(3)25-14-9-7-12(2)8-10-14/h7-10,13,15H,6,11H2,1-5H3,(H,20,21)(H,22,23). The number of aryl methyl sites for hydroxylation is 1.